The standard InChI is InChI=1S/C49H31NO2/c1-3-14-32(15-4-1)33-27-29-41-47(31-33)52-45-24-12-9-21-40(45)49(41)39-20-8-11-23-44(39)51-46-25-13-19-36(48(46)49)34-26-28-38-37-18-7-10-22-42(37)50(43(38)30-34)35-16-5-2-6-17-35/h1-31H. The number of rotatable bonds is 3. The van der Waals surface area contributed by atoms with E-state index in [4.69, 9.17) is 9.47 Å². The van der Waals surface area contributed by atoms with Crippen LogP contribution in [0.2, 0.25) is 0 Å². The van der Waals surface area contributed by atoms with Crippen LogP contribution in [0.25, 0.3) is 49.7 Å². The molecular formula is C49H31NO2. The lowest BCUT2D eigenvalue weighted by atomic mass is 9.60. The van der Waals surface area contributed by atoms with Crippen LogP contribution in [-0.2, 0) is 5.41 Å². The minimum Gasteiger partial charge on any atom is -0.457 e. The second kappa shape index (κ2) is 11.1. The van der Waals surface area contributed by atoms with Gasteiger partial charge in [-0.15, -0.1) is 0 Å². The molecule has 3 heteroatoms. The Kier molecular flexibility index (Phi) is 6.17. The van der Waals surface area contributed by atoms with Crippen LogP contribution < -0.4 is 9.47 Å². The Morgan fingerprint density at radius 3 is 1.75 bits per heavy atom. The van der Waals surface area contributed by atoms with E-state index in [0.717, 1.165) is 78.7 Å². The highest BCUT2D eigenvalue weighted by Gasteiger charge is 2.51. The maximum Gasteiger partial charge on any atom is 0.132 e. The number of nitrogens with zero attached hydrogens (tertiary/aromatic N) is 1. The molecule has 3 heterocycles. The van der Waals surface area contributed by atoms with E-state index in [-0.39, 0.29) is 0 Å². The first-order valence-electron chi connectivity index (χ1n) is 17.8. The fourth-order valence-electron chi connectivity index (χ4n) is 8.77. The normalized spacial score (nSPS) is 15.3. The van der Waals surface area contributed by atoms with Gasteiger partial charge in [-0.3, -0.25) is 0 Å². The molecule has 0 fully saturated rings. The first-order chi connectivity index (χ1) is 25.8. The molecule has 0 saturated heterocycles. The van der Waals surface area contributed by atoms with Crippen molar-refractivity contribution in [3.63, 3.8) is 0 Å². The molecule has 0 N–H and O–H groups in total. The van der Waals surface area contributed by atoms with Gasteiger partial charge in [-0.25, -0.2) is 0 Å². The molecule has 1 aromatic heterocycles. The van der Waals surface area contributed by atoms with Gasteiger partial charge in [0, 0.05) is 38.7 Å². The highest BCUT2D eigenvalue weighted by molar-refractivity contribution is 6.10. The Morgan fingerprint density at radius 2 is 0.962 bits per heavy atom. The molecule has 9 aromatic rings. The van der Waals surface area contributed by atoms with Crippen molar-refractivity contribution in [2.75, 3.05) is 0 Å². The van der Waals surface area contributed by atoms with Crippen LogP contribution in [0, 0.1) is 0 Å². The number of ether oxygens (including phenoxy) is 2. The van der Waals surface area contributed by atoms with E-state index in [1.54, 1.807) is 0 Å². The topological polar surface area (TPSA) is 23.4 Å². The summed E-state index contributed by atoms with van der Waals surface area (Å²) in [5.41, 5.74) is 11.7. The summed E-state index contributed by atoms with van der Waals surface area (Å²) in [6.45, 7) is 0. The Hall–Kier alpha value is -6.84. The lowest BCUT2D eigenvalue weighted by Gasteiger charge is -2.45. The molecule has 0 saturated carbocycles. The molecular weight excluding hydrogens is 635 g/mol. The molecule has 0 bridgehead atoms. The van der Waals surface area contributed by atoms with Crippen molar-refractivity contribution < 1.29 is 9.47 Å². The average molecular weight is 666 g/mol. The number of benzene rings is 8. The van der Waals surface area contributed by atoms with E-state index in [0.29, 0.717) is 0 Å². The van der Waals surface area contributed by atoms with Gasteiger partial charge in [0.1, 0.15) is 23.0 Å². The van der Waals surface area contributed by atoms with Gasteiger partial charge in [-0.05, 0) is 70.8 Å². The van der Waals surface area contributed by atoms with Gasteiger partial charge in [-0.2, -0.15) is 0 Å². The fourth-order valence-corrected chi connectivity index (χ4v) is 8.77. The number of para-hydroxylation sites is 4. The number of hydrogen-bond acceptors (Lipinski definition) is 2. The highest BCUT2D eigenvalue weighted by Crippen LogP contribution is 2.63. The summed E-state index contributed by atoms with van der Waals surface area (Å²) in [4.78, 5) is 0. The van der Waals surface area contributed by atoms with Crippen molar-refractivity contribution in [3.05, 3.63) is 210 Å². The van der Waals surface area contributed by atoms with Gasteiger partial charge < -0.3 is 14.0 Å². The van der Waals surface area contributed by atoms with Crippen molar-refractivity contribution in [1.82, 2.24) is 4.57 Å². The summed E-state index contributed by atoms with van der Waals surface area (Å²) in [5, 5.41) is 2.46. The summed E-state index contributed by atoms with van der Waals surface area (Å²) in [6, 6.07) is 67.0. The minimum absolute atomic E-state index is 0.721. The SMILES string of the molecule is c1ccc(-c2ccc3c(c2)Oc2ccccc2C32c3ccccc3Oc3cccc(-c4ccc5c6ccccc6n(-c6ccccc6)c5c4)c32)cc1. The zero-order chi connectivity index (χ0) is 34.2. The largest absolute Gasteiger partial charge is 0.457 e. The van der Waals surface area contributed by atoms with Crippen LogP contribution in [0.4, 0.5) is 0 Å². The van der Waals surface area contributed by atoms with Crippen LogP contribution in [0.5, 0.6) is 23.0 Å². The lowest BCUT2D eigenvalue weighted by molar-refractivity contribution is 0.400. The van der Waals surface area contributed by atoms with Gasteiger partial charge in [0.25, 0.3) is 0 Å². The molecule has 1 spiro atoms. The minimum atomic E-state index is -0.721. The summed E-state index contributed by atoms with van der Waals surface area (Å²) in [6.07, 6.45) is 0. The maximum absolute atomic E-state index is 6.87. The summed E-state index contributed by atoms with van der Waals surface area (Å²) in [5.74, 6) is 3.38. The van der Waals surface area contributed by atoms with E-state index in [1.807, 2.05) is 0 Å². The highest BCUT2D eigenvalue weighted by atomic mass is 16.5. The van der Waals surface area contributed by atoms with Gasteiger partial charge in [-0.1, -0.05) is 140 Å². The first kappa shape index (κ1) is 28.9. The van der Waals surface area contributed by atoms with E-state index in [1.165, 1.54) is 16.3 Å². The smallest absolute Gasteiger partial charge is 0.132 e. The predicted octanol–water partition coefficient (Wildman–Crippen LogP) is 12.7. The van der Waals surface area contributed by atoms with Crippen LogP contribution in [0.1, 0.15) is 22.3 Å². The average Bonchev–Trinajstić information content (AvgIpc) is 3.54. The second-order valence-corrected chi connectivity index (χ2v) is 13.6. The molecule has 0 radical (unpaired) electrons. The zero-order valence-electron chi connectivity index (χ0n) is 28.2. The zero-order valence-corrected chi connectivity index (χ0v) is 28.2. The third-order valence-electron chi connectivity index (χ3n) is 10.9. The molecule has 8 aromatic carbocycles. The number of fused-ring (bicyclic) bond motifs is 11. The molecule has 0 aliphatic carbocycles. The van der Waals surface area contributed by atoms with Gasteiger partial charge in [0.15, 0.2) is 0 Å². The third kappa shape index (κ3) is 4.02. The molecule has 3 nitrogen and oxygen atoms in total. The molecule has 1 unspecified atom stereocenters. The van der Waals surface area contributed by atoms with E-state index in [9.17, 15) is 0 Å². The quantitative estimate of drug-likeness (QED) is 0.187. The van der Waals surface area contributed by atoms with Crippen molar-refractivity contribution in [1.29, 1.82) is 0 Å². The second-order valence-electron chi connectivity index (χ2n) is 13.6. The summed E-state index contributed by atoms with van der Waals surface area (Å²) in [7, 11) is 0. The van der Waals surface area contributed by atoms with Crippen molar-refractivity contribution >= 4 is 21.8 Å². The summed E-state index contributed by atoms with van der Waals surface area (Å²) < 4.78 is 16.1. The van der Waals surface area contributed by atoms with E-state index in [2.05, 4.69) is 193 Å². The number of aromatic nitrogens is 1. The van der Waals surface area contributed by atoms with Crippen LogP contribution in [0.15, 0.2) is 188 Å². The maximum atomic E-state index is 6.87. The van der Waals surface area contributed by atoms with Crippen molar-refractivity contribution in [2.45, 2.75) is 5.41 Å². The van der Waals surface area contributed by atoms with E-state index < -0.39 is 5.41 Å². The van der Waals surface area contributed by atoms with Gasteiger partial charge >= 0.3 is 0 Å². The Morgan fingerprint density at radius 1 is 0.365 bits per heavy atom. The monoisotopic (exact) mass is 665 g/mol. The first-order valence-corrected chi connectivity index (χ1v) is 17.8. The van der Waals surface area contributed by atoms with Gasteiger partial charge in [0.05, 0.1) is 16.4 Å². The Bertz CT molecular complexity index is 2840. The summed E-state index contributed by atoms with van der Waals surface area (Å²) >= 11 is 0. The predicted molar refractivity (Wildman–Crippen MR) is 210 cm³/mol. The van der Waals surface area contributed by atoms with Gasteiger partial charge in [0.2, 0.25) is 0 Å². The van der Waals surface area contributed by atoms with Crippen molar-refractivity contribution in [2.24, 2.45) is 0 Å². The third-order valence-corrected chi connectivity index (χ3v) is 10.9. The lowest BCUT2D eigenvalue weighted by Crippen LogP contribution is -2.37. The Labute approximate surface area is 301 Å². The molecule has 0 amide bonds. The molecule has 52 heavy (non-hydrogen) atoms. The van der Waals surface area contributed by atoms with E-state index >= 15 is 0 Å². The number of hydrogen-bond donors (Lipinski definition) is 0. The molecule has 11 rings (SSSR count). The van der Waals surface area contributed by atoms with Crippen LogP contribution in [0.3, 0.4) is 0 Å². The molecule has 2 aliphatic rings. The molecule has 244 valence electrons. The molecule has 1 atom stereocenters. The Balaban J connectivity index is 1.24. The van der Waals surface area contributed by atoms with Crippen LogP contribution >= 0.6 is 0 Å². The van der Waals surface area contributed by atoms with Crippen molar-refractivity contribution in [3.8, 4) is 50.9 Å². The fraction of sp³-hybridized carbons (Fsp3) is 0.0204. The van der Waals surface area contributed by atoms with Crippen LogP contribution in [-0.4, -0.2) is 4.57 Å². The molecule has 2 aliphatic heterocycles.